The first-order chi connectivity index (χ1) is 13.3. The van der Waals surface area contributed by atoms with Gasteiger partial charge in [0.25, 0.3) is 0 Å². The first-order valence-corrected chi connectivity index (χ1v) is 9.99. The first-order valence-electron chi connectivity index (χ1n) is 9.11. The van der Waals surface area contributed by atoms with Gasteiger partial charge in [-0.3, -0.25) is 4.90 Å². The van der Waals surface area contributed by atoms with Crippen LogP contribution in [0.25, 0.3) is 0 Å². The van der Waals surface area contributed by atoms with Crippen molar-refractivity contribution in [2.75, 3.05) is 54.2 Å². The van der Waals surface area contributed by atoms with Gasteiger partial charge in [-0.2, -0.15) is 0 Å². The van der Waals surface area contributed by atoms with E-state index in [1.54, 1.807) is 32.7 Å². The molecule has 0 aliphatic carbocycles. The van der Waals surface area contributed by atoms with E-state index >= 15 is 0 Å². The van der Waals surface area contributed by atoms with E-state index in [-0.39, 0.29) is 0 Å². The van der Waals surface area contributed by atoms with Crippen LogP contribution in [-0.2, 0) is 11.3 Å². The van der Waals surface area contributed by atoms with E-state index in [1.165, 1.54) is 4.88 Å². The van der Waals surface area contributed by atoms with E-state index in [9.17, 15) is 0 Å². The van der Waals surface area contributed by atoms with Crippen molar-refractivity contribution in [3.63, 3.8) is 0 Å². The topological polar surface area (TPSA) is 52.2 Å². The molecule has 148 valence electrons. The molecule has 1 aliphatic heterocycles. The van der Waals surface area contributed by atoms with Gasteiger partial charge >= 0.3 is 0 Å². The van der Waals surface area contributed by atoms with Crippen molar-refractivity contribution in [2.24, 2.45) is 0 Å². The second kappa shape index (κ2) is 9.94. The molecule has 7 heteroatoms. The van der Waals surface area contributed by atoms with Gasteiger partial charge in [0.05, 0.1) is 46.1 Å². The lowest BCUT2D eigenvalue weighted by atomic mass is 10.1. The van der Waals surface area contributed by atoms with Crippen LogP contribution < -0.4 is 19.5 Å². The molecule has 1 fully saturated rings. The molecule has 0 spiro atoms. The second-order valence-corrected chi connectivity index (χ2v) is 7.30. The van der Waals surface area contributed by atoms with Gasteiger partial charge in [0.1, 0.15) is 17.2 Å². The summed E-state index contributed by atoms with van der Waals surface area (Å²) in [6.45, 7) is 5.00. The van der Waals surface area contributed by atoms with Crippen LogP contribution in [0.15, 0.2) is 29.6 Å². The molecule has 1 aromatic carbocycles. The van der Waals surface area contributed by atoms with Crippen molar-refractivity contribution < 1.29 is 18.9 Å². The maximum atomic E-state index is 5.55. The van der Waals surface area contributed by atoms with E-state index < -0.39 is 0 Å². The summed E-state index contributed by atoms with van der Waals surface area (Å²) in [5.74, 6) is 2.24. The molecule has 0 unspecified atom stereocenters. The summed E-state index contributed by atoms with van der Waals surface area (Å²) in [5, 5.41) is 5.73. The molecule has 0 bridgehead atoms. The van der Waals surface area contributed by atoms with Crippen LogP contribution in [0, 0.1) is 0 Å². The minimum atomic E-state index is 0.337. The third-order valence-corrected chi connectivity index (χ3v) is 5.79. The zero-order valence-electron chi connectivity index (χ0n) is 16.2. The molecule has 6 nitrogen and oxygen atoms in total. The molecule has 0 radical (unpaired) electrons. The number of nitrogens with zero attached hydrogens (tertiary/aromatic N) is 1. The average molecular weight is 393 g/mol. The maximum Gasteiger partial charge on any atom is 0.130 e. The van der Waals surface area contributed by atoms with Crippen molar-refractivity contribution in [2.45, 2.75) is 12.6 Å². The Hall–Kier alpha value is -1.80. The molecule has 27 heavy (non-hydrogen) atoms. The van der Waals surface area contributed by atoms with Gasteiger partial charge in [-0.1, -0.05) is 6.07 Å². The number of benzene rings is 1. The number of methoxy groups -OCH3 is 3. The standard InChI is InChI=1S/C20H28N2O4S/c1-23-15-11-18(24-2)16(19(12-15)25-3)13-21-14-17(20-5-4-10-27-20)22-6-8-26-9-7-22/h4-5,10-12,17,21H,6-9,13-14H2,1-3H3/t17-/m0/s1. The molecule has 1 N–H and O–H groups in total. The Morgan fingerprint density at radius 2 is 1.81 bits per heavy atom. The number of ether oxygens (including phenoxy) is 4. The van der Waals surface area contributed by atoms with Crippen molar-refractivity contribution >= 4 is 11.3 Å². The fourth-order valence-corrected chi connectivity index (χ4v) is 4.23. The van der Waals surface area contributed by atoms with Crippen molar-refractivity contribution in [1.82, 2.24) is 10.2 Å². The lowest BCUT2D eigenvalue weighted by Crippen LogP contribution is -2.42. The Morgan fingerprint density at radius 3 is 2.37 bits per heavy atom. The number of rotatable bonds is 9. The lowest BCUT2D eigenvalue weighted by molar-refractivity contribution is 0.0168. The van der Waals surface area contributed by atoms with E-state index in [0.717, 1.165) is 55.7 Å². The van der Waals surface area contributed by atoms with Crippen LogP contribution >= 0.6 is 11.3 Å². The Balaban J connectivity index is 1.71. The molecular weight excluding hydrogens is 364 g/mol. The van der Waals surface area contributed by atoms with Crippen molar-refractivity contribution in [1.29, 1.82) is 0 Å². The van der Waals surface area contributed by atoms with E-state index in [0.29, 0.717) is 12.6 Å². The molecule has 0 saturated carbocycles. The molecule has 1 aromatic heterocycles. The van der Waals surface area contributed by atoms with Gasteiger partial charge in [-0.25, -0.2) is 0 Å². The predicted molar refractivity (Wildman–Crippen MR) is 107 cm³/mol. The van der Waals surface area contributed by atoms with Gasteiger partial charge in [0.15, 0.2) is 0 Å². The lowest BCUT2D eigenvalue weighted by Gasteiger charge is -2.34. The number of hydrogen-bond donors (Lipinski definition) is 1. The number of thiophene rings is 1. The SMILES string of the molecule is COc1cc(OC)c(CNC[C@@H](c2cccs2)N2CCOCC2)c(OC)c1. The minimum absolute atomic E-state index is 0.337. The Morgan fingerprint density at radius 1 is 1.11 bits per heavy atom. The normalized spacial score (nSPS) is 16.1. The minimum Gasteiger partial charge on any atom is -0.496 e. The zero-order valence-corrected chi connectivity index (χ0v) is 17.0. The third-order valence-electron chi connectivity index (χ3n) is 4.81. The van der Waals surface area contributed by atoms with Gasteiger partial charge in [0.2, 0.25) is 0 Å². The van der Waals surface area contributed by atoms with Gasteiger partial charge < -0.3 is 24.3 Å². The Bertz CT molecular complexity index is 677. The summed E-state index contributed by atoms with van der Waals surface area (Å²) < 4.78 is 22.0. The smallest absolute Gasteiger partial charge is 0.130 e. The fourth-order valence-electron chi connectivity index (χ4n) is 3.37. The average Bonchev–Trinajstić information content (AvgIpc) is 3.25. The fraction of sp³-hybridized carbons (Fsp3) is 0.500. The van der Waals surface area contributed by atoms with Crippen molar-refractivity contribution in [3.8, 4) is 17.2 Å². The summed E-state index contributed by atoms with van der Waals surface area (Å²) >= 11 is 1.80. The highest BCUT2D eigenvalue weighted by Crippen LogP contribution is 2.34. The zero-order chi connectivity index (χ0) is 19.1. The number of hydrogen-bond acceptors (Lipinski definition) is 7. The van der Waals surface area contributed by atoms with Crippen LogP contribution in [0.4, 0.5) is 0 Å². The van der Waals surface area contributed by atoms with Crippen LogP contribution in [0.2, 0.25) is 0 Å². The number of nitrogens with one attached hydrogen (secondary N) is 1. The predicted octanol–water partition coefficient (Wildman–Crippen LogP) is 2.94. The van der Waals surface area contributed by atoms with Gasteiger partial charge in [-0.15, -0.1) is 11.3 Å². The van der Waals surface area contributed by atoms with Crippen LogP contribution in [0.1, 0.15) is 16.5 Å². The quantitative estimate of drug-likeness (QED) is 0.708. The third kappa shape index (κ3) is 4.93. The molecule has 1 aliphatic rings. The largest absolute Gasteiger partial charge is 0.496 e. The number of morpholine rings is 1. The summed E-state index contributed by atoms with van der Waals surface area (Å²) in [7, 11) is 4.97. The van der Waals surface area contributed by atoms with E-state index in [1.807, 2.05) is 12.1 Å². The summed E-state index contributed by atoms with van der Waals surface area (Å²) in [6.07, 6.45) is 0. The molecule has 1 atom stereocenters. The molecule has 1 saturated heterocycles. The van der Waals surface area contributed by atoms with E-state index in [2.05, 4.69) is 27.7 Å². The Labute approximate surface area is 165 Å². The molecule has 3 rings (SSSR count). The van der Waals surface area contributed by atoms with E-state index in [4.69, 9.17) is 18.9 Å². The molecular formula is C20H28N2O4S. The highest BCUT2D eigenvalue weighted by molar-refractivity contribution is 7.10. The summed E-state index contributed by atoms with van der Waals surface area (Å²) in [5.41, 5.74) is 0.993. The maximum absolute atomic E-state index is 5.55. The van der Waals surface area contributed by atoms with Gasteiger partial charge in [-0.05, 0) is 11.4 Å². The molecule has 0 amide bonds. The first kappa shape index (κ1) is 19.9. The highest BCUT2D eigenvalue weighted by Gasteiger charge is 2.23. The highest BCUT2D eigenvalue weighted by atomic mass is 32.1. The summed E-state index contributed by atoms with van der Waals surface area (Å²) in [6, 6.07) is 8.43. The molecule has 2 heterocycles. The van der Waals surface area contributed by atoms with Crippen LogP contribution in [-0.4, -0.2) is 59.1 Å². The summed E-state index contributed by atoms with van der Waals surface area (Å²) in [4.78, 5) is 3.86. The second-order valence-electron chi connectivity index (χ2n) is 6.32. The molecule has 2 aromatic rings. The van der Waals surface area contributed by atoms with Crippen LogP contribution in [0.5, 0.6) is 17.2 Å². The van der Waals surface area contributed by atoms with Crippen molar-refractivity contribution in [3.05, 3.63) is 40.1 Å². The van der Waals surface area contributed by atoms with Crippen LogP contribution in [0.3, 0.4) is 0 Å². The Kier molecular flexibility index (Phi) is 7.34. The van der Waals surface area contributed by atoms with Gasteiger partial charge in [0, 0.05) is 43.2 Å². The monoisotopic (exact) mass is 392 g/mol.